The molecule has 1 aromatic carbocycles. The SMILES string of the molecule is Cc1nn(C)c(-n2ccc3cc(C#N)ccc32)c1/C=C/C(=O)NS(=O)(=O)CC=CNCC1CC1. The van der Waals surface area contributed by atoms with E-state index in [9.17, 15) is 13.2 Å². The number of nitrogens with one attached hydrogen (secondary N) is 2. The van der Waals surface area contributed by atoms with Gasteiger partial charge < -0.3 is 9.88 Å². The molecule has 1 fully saturated rings. The van der Waals surface area contributed by atoms with Gasteiger partial charge in [-0.3, -0.25) is 9.48 Å². The van der Waals surface area contributed by atoms with E-state index in [-0.39, 0.29) is 5.75 Å². The molecule has 1 amide bonds. The second kappa shape index (κ2) is 9.57. The molecule has 4 rings (SSSR count). The van der Waals surface area contributed by atoms with Crippen LogP contribution in [0.3, 0.4) is 0 Å². The summed E-state index contributed by atoms with van der Waals surface area (Å²) in [4.78, 5) is 12.3. The molecule has 10 heteroatoms. The van der Waals surface area contributed by atoms with Crippen LogP contribution >= 0.6 is 0 Å². The van der Waals surface area contributed by atoms with Gasteiger partial charge in [0.05, 0.1) is 28.6 Å². The number of carbonyl (C=O) groups excluding carboxylic acids is 1. The third-order valence-electron chi connectivity index (χ3n) is 5.60. The van der Waals surface area contributed by atoms with E-state index in [1.807, 2.05) is 29.8 Å². The smallest absolute Gasteiger partial charge is 0.257 e. The van der Waals surface area contributed by atoms with Gasteiger partial charge in [0.2, 0.25) is 10.0 Å². The number of rotatable bonds is 9. The fourth-order valence-corrected chi connectivity index (χ4v) is 4.55. The summed E-state index contributed by atoms with van der Waals surface area (Å²) in [5.74, 6) is 0.381. The molecule has 176 valence electrons. The molecule has 0 spiro atoms. The van der Waals surface area contributed by atoms with Crippen LogP contribution in [0.4, 0.5) is 0 Å². The monoisotopic (exact) mass is 478 g/mol. The number of nitrogens with zero attached hydrogens (tertiary/aromatic N) is 4. The zero-order valence-electron chi connectivity index (χ0n) is 19.0. The first kappa shape index (κ1) is 23.3. The third kappa shape index (κ3) is 5.38. The molecule has 0 aliphatic heterocycles. The highest BCUT2D eigenvalue weighted by atomic mass is 32.2. The quantitative estimate of drug-likeness (QED) is 0.456. The lowest BCUT2D eigenvalue weighted by molar-refractivity contribution is -0.114. The van der Waals surface area contributed by atoms with Crippen LogP contribution in [0.25, 0.3) is 22.8 Å². The lowest BCUT2D eigenvalue weighted by Crippen LogP contribution is -2.30. The molecule has 2 heterocycles. The average molecular weight is 479 g/mol. The first-order chi connectivity index (χ1) is 16.3. The van der Waals surface area contributed by atoms with E-state index in [2.05, 4.69) is 21.2 Å². The largest absolute Gasteiger partial charge is 0.391 e. The van der Waals surface area contributed by atoms with Crippen molar-refractivity contribution in [2.45, 2.75) is 19.8 Å². The topological polar surface area (TPSA) is 122 Å². The van der Waals surface area contributed by atoms with E-state index in [0.717, 1.165) is 17.4 Å². The molecule has 3 aromatic rings. The van der Waals surface area contributed by atoms with Crippen LogP contribution in [0.1, 0.15) is 29.7 Å². The number of fused-ring (bicyclic) bond motifs is 1. The Hall–Kier alpha value is -3.84. The second-order valence-electron chi connectivity index (χ2n) is 8.35. The van der Waals surface area contributed by atoms with Gasteiger partial charge in [0.25, 0.3) is 5.91 Å². The van der Waals surface area contributed by atoms with E-state index in [1.165, 1.54) is 25.0 Å². The van der Waals surface area contributed by atoms with Crippen molar-refractivity contribution < 1.29 is 13.2 Å². The van der Waals surface area contributed by atoms with Crippen LogP contribution in [0, 0.1) is 24.2 Å². The molecule has 0 bridgehead atoms. The number of carbonyl (C=O) groups is 1. The summed E-state index contributed by atoms with van der Waals surface area (Å²) in [5, 5.41) is 17.6. The van der Waals surface area contributed by atoms with E-state index >= 15 is 0 Å². The van der Waals surface area contributed by atoms with Gasteiger partial charge in [-0.15, -0.1) is 0 Å². The number of benzene rings is 1. The van der Waals surface area contributed by atoms with Gasteiger partial charge >= 0.3 is 0 Å². The fraction of sp³-hybridized carbons (Fsp3) is 0.292. The van der Waals surface area contributed by atoms with Gasteiger partial charge in [0, 0.05) is 36.8 Å². The number of hydrogen-bond acceptors (Lipinski definition) is 6. The summed E-state index contributed by atoms with van der Waals surface area (Å²) in [7, 11) is -2.00. The van der Waals surface area contributed by atoms with Crippen LogP contribution in [0.2, 0.25) is 0 Å². The van der Waals surface area contributed by atoms with Crippen LogP contribution in [0.15, 0.2) is 48.8 Å². The Kier molecular flexibility index (Phi) is 6.56. The minimum Gasteiger partial charge on any atom is -0.391 e. The van der Waals surface area contributed by atoms with Gasteiger partial charge in [-0.1, -0.05) is 6.08 Å². The predicted octanol–water partition coefficient (Wildman–Crippen LogP) is 2.52. The number of sulfonamides is 1. The zero-order valence-corrected chi connectivity index (χ0v) is 19.8. The minimum absolute atomic E-state index is 0.290. The average Bonchev–Trinajstić information content (AvgIpc) is 3.45. The maximum Gasteiger partial charge on any atom is 0.257 e. The highest BCUT2D eigenvalue weighted by Gasteiger charge is 2.20. The molecule has 0 radical (unpaired) electrons. The highest BCUT2D eigenvalue weighted by Crippen LogP contribution is 2.27. The van der Waals surface area contributed by atoms with E-state index in [0.29, 0.717) is 28.6 Å². The molecular formula is C24H26N6O3S. The lowest BCUT2D eigenvalue weighted by Gasteiger charge is -2.08. The number of nitriles is 1. The van der Waals surface area contributed by atoms with Gasteiger partial charge in [-0.2, -0.15) is 10.4 Å². The summed E-state index contributed by atoms with van der Waals surface area (Å²) in [6, 6.07) is 9.44. The standard InChI is InChI=1S/C24H26N6O3S/c1-17-21(7-9-23(31)28-34(32,33)13-3-11-26-16-18-4-5-18)24(29(2)27-17)30-12-10-20-14-19(15-25)6-8-22(20)30/h3,6-12,14,18,26H,4-5,13,16H2,1-2H3,(H,28,31)/b9-7+,11-3?. The molecule has 2 aromatic heterocycles. The Morgan fingerprint density at radius 1 is 1.32 bits per heavy atom. The maximum absolute atomic E-state index is 12.3. The molecule has 1 saturated carbocycles. The van der Waals surface area contributed by atoms with Crippen LogP contribution in [-0.2, 0) is 21.9 Å². The third-order valence-corrected chi connectivity index (χ3v) is 6.74. The summed E-state index contributed by atoms with van der Waals surface area (Å²) in [6.45, 7) is 2.66. The van der Waals surface area contributed by atoms with Gasteiger partial charge in [0.15, 0.2) is 0 Å². The predicted molar refractivity (Wildman–Crippen MR) is 130 cm³/mol. The van der Waals surface area contributed by atoms with Crippen LogP contribution in [0.5, 0.6) is 0 Å². The Bertz CT molecular complexity index is 1440. The van der Waals surface area contributed by atoms with E-state index in [1.54, 1.807) is 36.1 Å². The number of aryl methyl sites for hydroxylation is 2. The van der Waals surface area contributed by atoms with Crippen LogP contribution in [-0.4, -0.2) is 41.0 Å². The van der Waals surface area contributed by atoms with Crippen molar-refractivity contribution in [2.75, 3.05) is 12.3 Å². The number of amides is 1. The van der Waals surface area contributed by atoms with Crippen molar-refractivity contribution >= 4 is 32.9 Å². The number of hydrogen-bond donors (Lipinski definition) is 2. The summed E-state index contributed by atoms with van der Waals surface area (Å²) >= 11 is 0. The molecule has 0 saturated heterocycles. The highest BCUT2D eigenvalue weighted by molar-refractivity contribution is 7.90. The molecule has 1 aliphatic rings. The molecule has 34 heavy (non-hydrogen) atoms. The Morgan fingerprint density at radius 2 is 2.12 bits per heavy atom. The Morgan fingerprint density at radius 3 is 2.85 bits per heavy atom. The van der Waals surface area contributed by atoms with E-state index in [4.69, 9.17) is 5.26 Å². The maximum atomic E-state index is 12.3. The first-order valence-corrected chi connectivity index (χ1v) is 12.6. The minimum atomic E-state index is -3.79. The van der Waals surface area contributed by atoms with Crippen molar-refractivity contribution in [3.8, 4) is 11.9 Å². The number of aromatic nitrogens is 3. The summed E-state index contributed by atoms with van der Waals surface area (Å²) < 4.78 is 30.1. The Balaban J connectivity index is 1.49. The van der Waals surface area contributed by atoms with E-state index < -0.39 is 15.9 Å². The second-order valence-corrected chi connectivity index (χ2v) is 10.1. The van der Waals surface area contributed by atoms with Gasteiger partial charge in [0.1, 0.15) is 5.82 Å². The molecule has 2 N–H and O–H groups in total. The summed E-state index contributed by atoms with van der Waals surface area (Å²) in [5.41, 5.74) is 2.81. The molecule has 0 unspecified atom stereocenters. The van der Waals surface area contributed by atoms with Crippen molar-refractivity contribution in [1.82, 2.24) is 24.4 Å². The van der Waals surface area contributed by atoms with Gasteiger partial charge in [-0.25, -0.2) is 13.1 Å². The van der Waals surface area contributed by atoms with Crippen LogP contribution < -0.4 is 10.0 Å². The fourth-order valence-electron chi connectivity index (χ4n) is 3.74. The van der Waals surface area contributed by atoms with Crippen molar-refractivity contribution in [2.24, 2.45) is 13.0 Å². The molecular weight excluding hydrogens is 452 g/mol. The summed E-state index contributed by atoms with van der Waals surface area (Å²) in [6.07, 6.45) is 10.1. The van der Waals surface area contributed by atoms with Crippen molar-refractivity contribution in [1.29, 1.82) is 5.26 Å². The molecule has 9 nitrogen and oxygen atoms in total. The van der Waals surface area contributed by atoms with Crippen molar-refractivity contribution in [3.05, 3.63) is 65.6 Å². The Labute approximate surface area is 198 Å². The van der Waals surface area contributed by atoms with Crippen molar-refractivity contribution in [3.63, 3.8) is 0 Å². The molecule has 1 aliphatic carbocycles. The first-order valence-electron chi connectivity index (χ1n) is 10.9. The zero-order chi connectivity index (χ0) is 24.3. The lowest BCUT2D eigenvalue weighted by atomic mass is 10.2. The normalized spacial score (nSPS) is 14.1. The van der Waals surface area contributed by atoms with Gasteiger partial charge in [-0.05, 0) is 62.2 Å². The molecule has 0 atom stereocenters.